The van der Waals surface area contributed by atoms with E-state index in [4.69, 9.17) is 28.3 Å². The lowest BCUT2D eigenvalue weighted by atomic mass is 10.1. The molecule has 0 saturated heterocycles. The molecule has 0 aliphatic rings. The number of halogens is 2. The highest BCUT2D eigenvalue weighted by molar-refractivity contribution is 7.98. The molecule has 0 aliphatic carbocycles. The molecule has 20 heavy (non-hydrogen) atoms. The molecule has 110 valence electrons. The molecule has 1 rings (SSSR count). The van der Waals surface area contributed by atoms with Crippen molar-refractivity contribution in [2.24, 2.45) is 0 Å². The third-order valence-electron chi connectivity index (χ3n) is 2.66. The van der Waals surface area contributed by atoms with Gasteiger partial charge in [-0.25, -0.2) is 0 Å². The van der Waals surface area contributed by atoms with E-state index < -0.39 is 11.9 Å². The molecule has 0 saturated carbocycles. The maximum atomic E-state index is 12.4. The highest BCUT2D eigenvalue weighted by Crippen LogP contribution is 2.32. The van der Waals surface area contributed by atoms with Gasteiger partial charge in [-0.15, -0.1) is 11.8 Å². The van der Waals surface area contributed by atoms with Crippen molar-refractivity contribution in [1.29, 1.82) is 0 Å². The van der Waals surface area contributed by atoms with Crippen molar-refractivity contribution >= 4 is 46.8 Å². The summed E-state index contributed by atoms with van der Waals surface area (Å²) < 4.78 is 0. The molecule has 0 aromatic heterocycles. The van der Waals surface area contributed by atoms with Gasteiger partial charge in [0.05, 0.1) is 15.6 Å². The lowest BCUT2D eigenvalue weighted by molar-refractivity contribution is -0.138. The average Bonchev–Trinajstić information content (AvgIpc) is 2.35. The number of aliphatic carboxylic acids is 1. The zero-order valence-electron chi connectivity index (χ0n) is 11.3. The van der Waals surface area contributed by atoms with Crippen LogP contribution in [0.25, 0.3) is 0 Å². The van der Waals surface area contributed by atoms with Gasteiger partial charge in [-0.2, -0.15) is 0 Å². The summed E-state index contributed by atoms with van der Waals surface area (Å²) in [6.45, 7) is 3.13. The SMILES string of the molecule is CSc1cc(C(=O)N(CC(=O)O)C(C)C)c(Cl)cc1Cl. The Kier molecular flexibility index (Phi) is 6.17. The third-order valence-corrected chi connectivity index (χ3v) is 4.18. The summed E-state index contributed by atoms with van der Waals surface area (Å²) in [4.78, 5) is 25.3. The van der Waals surface area contributed by atoms with Crippen molar-refractivity contribution in [2.75, 3.05) is 12.8 Å². The minimum absolute atomic E-state index is 0.217. The van der Waals surface area contributed by atoms with Crippen LogP contribution in [0.4, 0.5) is 0 Å². The fourth-order valence-corrected chi connectivity index (χ4v) is 2.82. The van der Waals surface area contributed by atoms with Gasteiger partial charge in [0.2, 0.25) is 0 Å². The third kappa shape index (κ3) is 4.04. The van der Waals surface area contributed by atoms with E-state index in [0.717, 1.165) is 4.90 Å². The van der Waals surface area contributed by atoms with Crippen LogP contribution in [0.3, 0.4) is 0 Å². The first-order valence-corrected chi connectivity index (χ1v) is 7.81. The zero-order chi connectivity index (χ0) is 15.4. The van der Waals surface area contributed by atoms with Crippen LogP contribution < -0.4 is 0 Å². The van der Waals surface area contributed by atoms with E-state index in [9.17, 15) is 9.59 Å². The van der Waals surface area contributed by atoms with Gasteiger partial charge in [0.15, 0.2) is 0 Å². The molecule has 0 spiro atoms. The number of nitrogens with zero attached hydrogens (tertiary/aromatic N) is 1. The van der Waals surface area contributed by atoms with Crippen LogP contribution in [-0.4, -0.2) is 40.7 Å². The molecule has 0 aliphatic heterocycles. The van der Waals surface area contributed by atoms with Gasteiger partial charge in [-0.05, 0) is 32.2 Å². The summed E-state index contributed by atoms with van der Waals surface area (Å²) in [5.41, 5.74) is 0.260. The standard InChI is InChI=1S/C13H15Cl2NO3S/c1-7(2)16(6-12(17)18)13(19)8-4-11(20-3)10(15)5-9(8)14/h4-5,7H,6H2,1-3H3,(H,17,18). The van der Waals surface area contributed by atoms with Gasteiger partial charge in [-0.1, -0.05) is 23.2 Å². The molecular formula is C13H15Cl2NO3S. The molecule has 0 heterocycles. The Labute approximate surface area is 132 Å². The Morgan fingerprint density at radius 1 is 1.30 bits per heavy atom. The largest absolute Gasteiger partial charge is 0.480 e. The smallest absolute Gasteiger partial charge is 0.323 e. The van der Waals surface area contributed by atoms with Gasteiger partial charge < -0.3 is 10.0 Å². The summed E-state index contributed by atoms with van der Waals surface area (Å²) in [7, 11) is 0. The number of carbonyl (C=O) groups is 2. The van der Waals surface area contributed by atoms with Gasteiger partial charge in [-0.3, -0.25) is 9.59 Å². The first-order valence-electron chi connectivity index (χ1n) is 5.83. The highest BCUT2D eigenvalue weighted by atomic mass is 35.5. The number of carboxylic acids is 1. The predicted octanol–water partition coefficient (Wildman–Crippen LogP) is 3.65. The van der Waals surface area contributed by atoms with Crippen molar-refractivity contribution in [3.63, 3.8) is 0 Å². The Morgan fingerprint density at radius 3 is 2.35 bits per heavy atom. The quantitative estimate of drug-likeness (QED) is 0.834. The number of thioether (sulfide) groups is 1. The first kappa shape index (κ1) is 17.1. The fourth-order valence-electron chi connectivity index (χ4n) is 1.64. The van der Waals surface area contributed by atoms with Crippen molar-refractivity contribution in [3.8, 4) is 0 Å². The first-order chi connectivity index (χ1) is 9.27. The normalized spacial score (nSPS) is 10.7. The maximum absolute atomic E-state index is 12.4. The van der Waals surface area contributed by atoms with E-state index in [1.54, 1.807) is 19.9 Å². The molecular weight excluding hydrogens is 321 g/mol. The number of hydrogen-bond acceptors (Lipinski definition) is 3. The molecule has 1 N–H and O–H groups in total. The van der Waals surface area contributed by atoms with Crippen LogP contribution in [0, 0.1) is 0 Å². The topological polar surface area (TPSA) is 57.6 Å². The number of carbonyl (C=O) groups excluding carboxylic acids is 1. The lowest BCUT2D eigenvalue weighted by Crippen LogP contribution is -2.40. The maximum Gasteiger partial charge on any atom is 0.323 e. The van der Waals surface area contributed by atoms with Gasteiger partial charge >= 0.3 is 5.97 Å². The van der Waals surface area contributed by atoms with Crippen LogP contribution in [0.1, 0.15) is 24.2 Å². The van der Waals surface area contributed by atoms with Gasteiger partial charge in [0, 0.05) is 10.9 Å². The van der Waals surface area contributed by atoms with Crippen LogP contribution in [0.2, 0.25) is 10.0 Å². The van der Waals surface area contributed by atoms with Gasteiger partial charge in [0.25, 0.3) is 5.91 Å². The highest BCUT2D eigenvalue weighted by Gasteiger charge is 2.24. The molecule has 4 nitrogen and oxygen atoms in total. The minimum Gasteiger partial charge on any atom is -0.480 e. The fraction of sp³-hybridized carbons (Fsp3) is 0.385. The van der Waals surface area contributed by atoms with E-state index in [1.165, 1.54) is 22.7 Å². The molecule has 7 heteroatoms. The van der Waals surface area contributed by atoms with E-state index >= 15 is 0 Å². The second kappa shape index (κ2) is 7.20. The molecule has 0 bridgehead atoms. The minimum atomic E-state index is -1.07. The van der Waals surface area contributed by atoms with Crippen LogP contribution in [-0.2, 0) is 4.79 Å². The Hall–Kier alpha value is -0.910. The van der Waals surface area contributed by atoms with Crippen molar-refractivity contribution in [1.82, 2.24) is 4.90 Å². The molecule has 0 unspecified atom stereocenters. The van der Waals surface area contributed by atoms with Gasteiger partial charge in [0.1, 0.15) is 6.54 Å². The van der Waals surface area contributed by atoms with E-state index in [0.29, 0.717) is 5.02 Å². The number of hydrogen-bond donors (Lipinski definition) is 1. The zero-order valence-corrected chi connectivity index (χ0v) is 13.6. The van der Waals surface area contributed by atoms with E-state index in [-0.39, 0.29) is 23.2 Å². The monoisotopic (exact) mass is 335 g/mol. The van der Waals surface area contributed by atoms with Crippen LogP contribution in [0.15, 0.2) is 17.0 Å². The Bertz CT molecular complexity index is 535. The summed E-state index contributed by atoms with van der Waals surface area (Å²) >= 11 is 13.5. The number of benzene rings is 1. The van der Waals surface area contributed by atoms with Crippen LogP contribution >= 0.6 is 35.0 Å². The van der Waals surface area contributed by atoms with Crippen LogP contribution in [0.5, 0.6) is 0 Å². The molecule has 0 fully saturated rings. The predicted molar refractivity (Wildman–Crippen MR) is 82.1 cm³/mol. The second-order valence-electron chi connectivity index (χ2n) is 4.39. The molecule has 0 radical (unpaired) electrons. The van der Waals surface area contributed by atoms with E-state index in [2.05, 4.69) is 0 Å². The number of carboxylic acid groups (broad SMARTS) is 1. The number of rotatable bonds is 5. The summed E-state index contributed by atoms with van der Waals surface area (Å²) in [5.74, 6) is -1.48. The Morgan fingerprint density at radius 2 is 1.90 bits per heavy atom. The van der Waals surface area contributed by atoms with Crippen molar-refractivity contribution < 1.29 is 14.7 Å². The van der Waals surface area contributed by atoms with Crippen molar-refractivity contribution in [2.45, 2.75) is 24.8 Å². The second-order valence-corrected chi connectivity index (χ2v) is 6.05. The molecule has 0 atom stereocenters. The molecule has 1 aromatic rings. The van der Waals surface area contributed by atoms with Crippen molar-refractivity contribution in [3.05, 3.63) is 27.7 Å². The molecule has 1 amide bonds. The summed E-state index contributed by atoms with van der Waals surface area (Å²) in [6, 6.07) is 2.85. The average molecular weight is 336 g/mol. The number of amides is 1. The lowest BCUT2D eigenvalue weighted by Gasteiger charge is -2.25. The summed E-state index contributed by atoms with van der Waals surface area (Å²) in [6.07, 6.45) is 1.83. The molecule has 1 aromatic carbocycles. The summed E-state index contributed by atoms with van der Waals surface area (Å²) in [5, 5.41) is 9.57. The van der Waals surface area contributed by atoms with E-state index in [1.807, 2.05) is 6.26 Å². The Balaban J connectivity index is 3.21.